The molecule has 0 radical (unpaired) electrons. The fourth-order valence-electron chi connectivity index (χ4n) is 1.96. The van der Waals surface area contributed by atoms with Crippen LogP contribution >= 0.6 is 11.3 Å². The number of fused-ring (bicyclic) bond motifs is 1. The first-order chi connectivity index (χ1) is 8.66. The summed E-state index contributed by atoms with van der Waals surface area (Å²) in [4.78, 5) is 16.8. The predicted octanol–water partition coefficient (Wildman–Crippen LogP) is 4.07. The first kappa shape index (κ1) is 11.2. The number of carbonyl (C=O) groups excluding carboxylic acids is 1. The summed E-state index contributed by atoms with van der Waals surface area (Å²) >= 11 is 1.43. The van der Waals surface area contributed by atoms with Crippen molar-refractivity contribution >= 4 is 28.1 Å². The van der Waals surface area contributed by atoms with E-state index in [2.05, 4.69) is 4.98 Å². The molecule has 2 aromatic heterocycles. The number of benzene rings is 1. The van der Waals surface area contributed by atoms with E-state index >= 15 is 0 Å². The summed E-state index contributed by atoms with van der Waals surface area (Å²) in [6, 6.07) is 7.83. The van der Waals surface area contributed by atoms with Gasteiger partial charge in [0.15, 0.2) is 10.8 Å². The molecule has 4 heteroatoms. The van der Waals surface area contributed by atoms with Crippen LogP contribution in [-0.2, 0) is 0 Å². The number of aromatic nitrogens is 1. The smallest absolute Gasteiger partial charge is 0.188 e. The van der Waals surface area contributed by atoms with Crippen LogP contribution in [0.15, 0.2) is 34.9 Å². The molecular formula is C14H11NO2S. The van der Waals surface area contributed by atoms with Crippen molar-refractivity contribution in [3.63, 3.8) is 0 Å². The molecule has 0 bridgehead atoms. The third-order valence-electron chi connectivity index (χ3n) is 2.83. The molecule has 90 valence electrons. The highest BCUT2D eigenvalue weighted by molar-refractivity contribution is 7.14. The van der Waals surface area contributed by atoms with E-state index in [4.69, 9.17) is 4.42 Å². The molecule has 18 heavy (non-hydrogen) atoms. The van der Waals surface area contributed by atoms with Gasteiger partial charge >= 0.3 is 0 Å². The minimum Gasteiger partial charge on any atom is -0.464 e. The Balaban J connectivity index is 2.23. The molecule has 0 aliphatic rings. The van der Waals surface area contributed by atoms with Gasteiger partial charge in [0.2, 0.25) is 0 Å². The number of Topliss-reactive ketones (excluding diaryl/α,β-unsaturated/α-hetero) is 1. The van der Waals surface area contributed by atoms with Crippen LogP contribution in [0.1, 0.15) is 21.6 Å². The third kappa shape index (κ3) is 1.66. The van der Waals surface area contributed by atoms with Crippen LogP contribution in [0.3, 0.4) is 0 Å². The van der Waals surface area contributed by atoms with Crippen molar-refractivity contribution < 1.29 is 9.21 Å². The van der Waals surface area contributed by atoms with Gasteiger partial charge in [0, 0.05) is 22.8 Å². The highest BCUT2D eigenvalue weighted by Crippen LogP contribution is 2.34. The van der Waals surface area contributed by atoms with Crippen LogP contribution in [-0.4, -0.2) is 10.8 Å². The van der Waals surface area contributed by atoms with E-state index in [0.29, 0.717) is 5.01 Å². The monoisotopic (exact) mass is 257 g/mol. The summed E-state index contributed by atoms with van der Waals surface area (Å²) < 4.78 is 5.51. The molecule has 0 fully saturated rings. The first-order valence-electron chi connectivity index (χ1n) is 5.62. The van der Waals surface area contributed by atoms with Crippen molar-refractivity contribution in [1.29, 1.82) is 0 Å². The van der Waals surface area contributed by atoms with E-state index in [1.807, 2.05) is 31.2 Å². The number of aryl methyl sites for hydroxylation is 1. The summed E-state index contributed by atoms with van der Waals surface area (Å²) in [6.07, 6.45) is 1.70. The second-order valence-electron chi connectivity index (χ2n) is 4.13. The van der Waals surface area contributed by atoms with Crippen molar-refractivity contribution in [2.75, 3.05) is 0 Å². The van der Waals surface area contributed by atoms with Crippen LogP contribution in [0.4, 0.5) is 0 Å². The zero-order valence-electron chi connectivity index (χ0n) is 10.1. The molecular weight excluding hydrogens is 246 g/mol. The molecule has 0 saturated carbocycles. The number of ketones is 1. The fourth-order valence-corrected chi connectivity index (χ4v) is 2.78. The van der Waals surface area contributed by atoms with Crippen molar-refractivity contribution in [2.24, 2.45) is 0 Å². The lowest BCUT2D eigenvalue weighted by atomic mass is 10.1. The van der Waals surface area contributed by atoms with Crippen LogP contribution in [0.2, 0.25) is 0 Å². The van der Waals surface area contributed by atoms with Crippen LogP contribution in [0, 0.1) is 6.92 Å². The third-order valence-corrected chi connectivity index (χ3v) is 3.91. The Morgan fingerprint density at radius 3 is 2.83 bits per heavy atom. The fraction of sp³-hybridized carbons (Fsp3) is 0.143. The molecule has 0 aliphatic carbocycles. The molecule has 3 nitrogen and oxygen atoms in total. The van der Waals surface area contributed by atoms with E-state index in [1.54, 1.807) is 6.26 Å². The molecule has 0 saturated heterocycles. The Hall–Kier alpha value is -1.94. The molecule has 0 spiro atoms. The van der Waals surface area contributed by atoms with E-state index in [1.165, 1.54) is 18.3 Å². The molecule has 0 unspecified atom stereocenters. The van der Waals surface area contributed by atoms with Crippen molar-refractivity contribution in [3.8, 4) is 11.3 Å². The number of furan rings is 1. The molecule has 0 N–H and O–H groups in total. The highest BCUT2D eigenvalue weighted by Gasteiger charge is 2.16. The largest absolute Gasteiger partial charge is 0.464 e. The second kappa shape index (κ2) is 4.07. The summed E-state index contributed by atoms with van der Waals surface area (Å²) in [5.41, 5.74) is 2.63. The van der Waals surface area contributed by atoms with Gasteiger partial charge in [-0.2, -0.15) is 0 Å². The van der Waals surface area contributed by atoms with Crippen molar-refractivity contribution in [3.05, 3.63) is 40.4 Å². The number of hydrogen-bond acceptors (Lipinski definition) is 4. The highest BCUT2D eigenvalue weighted by atomic mass is 32.1. The van der Waals surface area contributed by atoms with Gasteiger partial charge in [0.1, 0.15) is 11.8 Å². The minimum absolute atomic E-state index is 0.00199. The number of rotatable bonds is 2. The number of thiazole rings is 1. The second-order valence-corrected chi connectivity index (χ2v) is 5.33. The molecule has 2 heterocycles. The lowest BCUT2D eigenvalue weighted by Gasteiger charge is -1.94. The summed E-state index contributed by atoms with van der Waals surface area (Å²) in [5.74, 6) is 0.00199. The average Bonchev–Trinajstić information content (AvgIpc) is 2.92. The number of hydrogen-bond donors (Lipinski definition) is 0. The predicted molar refractivity (Wildman–Crippen MR) is 72.1 cm³/mol. The van der Waals surface area contributed by atoms with Gasteiger partial charge in [-0.3, -0.25) is 4.79 Å². The lowest BCUT2D eigenvalue weighted by molar-refractivity contribution is 0.101. The topological polar surface area (TPSA) is 43.1 Å². The van der Waals surface area contributed by atoms with Crippen LogP contribution < -0.4 is 0 Å². The van der Waals surface area contributed by atoms with Gasteiger partial charge in [-0.25, -0.2) is 4.98 Å². The Bertz CT molecular complexity index is 739. The zero-order chi connectivity index (χ0) is 12.7. The molecule has 0 amide bonds. The van der Waals surface area contributed by atoms with Gasteiger partial charge < -0.3 is 4.42 Å². The SMILES string of the molecule is CC(=O)c1nc(-c2coc3ccccc23)c(C)s1. The van der Waals surface area contributed by atoms with Crippen LogP contribution in [0.25, 0.3) is 22.2 Å². The molecule has 3 rings (SSSR count). The molecule has 0 aliphatic heterocycles. The normalized spacial score (nSPS) is 11.0. The summed E-state index contributed by atoms with van der Waals surface area (Å²) in [6.45, 7) is 3.51. The van der Waals surface area contributed by atoms with E-state index in [-0.39, 0.29) is 5.78 Å². The minimum atomic E-state index is 0.00199. The van der Waals surface area contributed by atoms with E-state index in [0.717, 1.165) is 27.1 Å². The van der Waals surface area contributed by atoms with Gasteiger partial charge in [-0.1, -0.05) is 18.2 Å². The lowest BCUT2D eigenvalue weighted by Crippen LogP contribution is -1.89. The Morgan fingerprint density at radius 2 is 2.11 bits per heavy atom. The van der Waals surface area contributed by atoms with Gasteiger partial charge in [-0.05, 0) is 13.0 Å². The maximum absolute atomic E-state index is 11.4. The standard InChI is InChI=1S/C14H11NO2S/c1-8(16)14-15-13(9(2)18-14)11-7-17-12-6-4-3-5-10(11)12/h3-7H,1-2H3. The quantitative estimate of drug-likeness (QED) is 0.650. The summed E-state index contributed by atoms with van der Waals surface area (Å²) in [7, 11) is 0. The maximum Gasteiger partial charge on any atom is 0.188 e. The summed E-state index contributed by atoms with van der Waals surface area (Å²) in [5, 5.41) is 1.58. The number of carbonyl (C=O) groups is 1. The van der Waals surface area contributed by atoms with Gasteiger partial charge in [0.05, 0.1) is 5.69 Å². The number of nitrogens with zero attached hydrogens (tertiary/aromatic N) is 1. The zero-order valence-corrected chi connectivity index (χ0v) is 10.9. The Morgan fingerprint density at radius 1 is 1.33 bits per heavy atom. The first-order valence-corrected chi connectivity index (χ1v) is 6.43. The van der Waals surface area contributed by atoms with E-state index < -0.39 is 0 Å². The average molecular weight is 257 g/mol. The van der Waals surface area contributed by atoms with Crippen molar-refractivity contribution in [1.82, 2.24) is 4.98 Å². The molecule has 3 aromatic rings. The maximum atomic E-state index is 11.4. The molecule has 1 aromatic carbocycles. The van der Waals surface area contributed by atoms with Crippen LogP contribution in [0.5, 0.6) is 0 Å². The Kier molecular flexibility index (Phi) is 2.52. The van der Waals surface area contributed by atoms with Gasteiger partial charge in [0.25, 0.3) is 0 Å². The van der Waals surface area contributed by atoms with Gasteiger partial charge in [-0.15, -0.1) is 11.3 Å². The van der Waals surface area contributed by atoms with Crippen molar-refractivity contribution in [2.45, 2.75) is 13.8 Å². The Labute approximate surface area is 108 Å². The number of para-hydroxylation sites is 1. The molecule has 0 atom stereocenters. The van der Waals surface area contributed by atoms with E-state index in [9.17, 15) is 4.79 Å².